The average Bonchev–Trinajstić information content (AvgIpc) is 2.53. The molecule has 0 heterocycles. The van der Waals surface area contributed by atoms with Crippen LogP contribution in [0.3, 0.4) is 0 Å². The highest BCUT2D eigenvalue weighted by molar-refractivity contribution is 5.85. The van der Waals surface area contributed by atoms with Gasteiger partial charge in [0, 0.05) is 12.6 Å². The maximum absolute atomic E-state index is 10.2. The highest BCUT2D eigenvalue weighted by Crippen LogP contribution is 2.25. The number of aliphatic hydroxyl groups excluding tert-OH is 1. The van der Waals surface area contributed by atoms with E-state index in [1.165, 1.54) is 11.1 Å². The van der Waals surface area contributed by atoms with Crippen molar-refractivity contribution < 1.29 is 10.2 Å². The van der Waals surface area contributed by atoms with E-state index in [0.717, 1.165) is 24.8 Å². The van der Waals surface area contributed by atoms with Crippen LogP contribution in [0, 0.1) is 0 Å². The molecule has 3 rings (SSSR count). The Bertz CT molecular complexity index is 603. The SMILES string of the molecule is Cl.Oc1ccc2c(c1)CC(NC[C@@H](O)c1ccccc1)CC2. The first kappa shape index (κ1) is 16.8. The van der Waals surface area contributed by atoms with Gasteiger partial charge in [0.15, 0.2) is 0 Å². The maximum Gasteiger partial charge on any atom is 0.115 e. The molecule has 0 saturated carbocycles. The topological polar surface area (TPSA) is 52.5 Å². The van der Waals surface area contributed by atoms with Gasteiger partial charge in [0.1, 0.15) is 5.75 Å². The van der Waals surface area contributed by atoms with E-state index in [9.17, 15) is 10.2 Å². The van der Waals surface area contributed by atoms with E-state index in [-0.39, 0.29) is 12.4 Å². The van der Waals surface area contributed by atoms with E-state index in [1.54, 1.807) is 6.07 Å². The van der Waals surface area contributed by atoms with Gasteiger partial charge in [-0.3, -0.25) is 0 Å². The molecular formula is C18H22ClNO2. The van der Waals surface area contributed by atoms with Gasteiger partial charge < -0.3 is 15.5 Å². The monoisotopic (exact) mass is 319 g/mol. The molecule has 3 nitrogen and oxygen atoms in total. The van der Waals surface area contributed by atoms with Crippen LogP contribution in [-0.2, 0) is 12.8 Å². The smallest absolute Gasteiger partial charge is 0.115 e. The molecule has 0 saturated heterocycles. The zero-order chi connectivity index (χ0) is 14.7. The first-order valence-electron chi connectivity index (χ1n) is 7.49. The standard InChI is InChI=1S/C18H21NO2.ClH/c20-17-9-7-13-6-8-16(10-15(13)11-17)19-12-18(21)14-4-2-1-3-5-14;/h1-5,7,9,11,16,18-21H,6,8,10,12H2;1H/t16?,18-;/m1./s1. The average molecular weight is 320 g/mol. The van der Waals surface area contributed by atoms with Crippen molar-refractivity contribution >= 4 is 12.4 Å². The molecule has 3 N–H and O–H groups in total. The van der Waals surface area contributed by atoms with Crippen LogP contribution in [0.4, 0.5) is 0 Å². The summed E-state index contributed by atoms with van der Waals surface area (Å²) >= 11 is 0. The van der Waals surface area contributed by atoms with Crippen LogP contribution in [0.1, 0.15) is 29.2 Å². The molecule has 0 aliphatic heterocycles. The minimum absolute atomic E-state index is 0. The highest BCUT2D eigenvalue weighted by atomic mass is 35.5. The second kappa shape index (κ2) is 7.63. The molecule has 0 radical (unpaired) electrons. The molecule has 2 aromatic carbocycles. The lowest BCUT2D eigenvalue weighted by molar-refractivity contribution is 0.168. The molecule has 0 spiro atoms. The largest absolute Gasteiger partial charge is 0.508 e. The lowest BCUT2D eigenvalue weighted by Crippen LogP contribution is -2.37. The number of hydrogen-bond donors (Lipinski definition) is 3. The Morgan fingerprint density at radius 3 is 2.64 bits per heavy atom. The van der Waals surface area contributed by atoms with Crippen LogP contribution in [0.15, 0.2) is 48.5 Å². The molecule has 2 atom stereocenters. The number of benzene rings is 2. The number of aliphatic hydroxyl groups is 1. The molecule has 0 aromatic heterocycles. The predicted octanol–water partition coefficient (Wildman–Crippen LogP) is 2.99. The molecule has 1 aliphatic rings. The van der Waals surface area contributed by atoms with Crippen molar-refractivity contribution in [1.29, 1.82) is 0 Å². The minimum Gasteiger partial charge on any atom is -0.508 e. The van der Waals surface area contributed by atoms with Crippen molar-refractivity contribution in [2.24, 2.45) is 0 Å². The summed E-state index contributed by atoms with van der Waals surface area (Å²) in [6.07, 6.45) is 2.52. The second-order valence-electron chi connectivity index (χ2n) is 5.73. The minimum atomic E-state index is -0.475. The molecule has 118 valence electrons. The van der Waals surface area contributed by atoms with Gasteiger partial charge in [-0.15, -0.1) is 12.4 Å². The second-order valence-corrected chi connectivity index (χ2v) is 5.73. The van der Waals surface area contributed by atoms with Crippen molar-refractivity contribution in [1.82, 2.24) is 5.32 Å². The molecule has 0 bridgehead atoms. The molecule has 2 aromatic rings. The van der Waals surface area contributed by atoms with Gasteiger partial charge in [-0.05, 0) is 48.1 Å². The fourth-order valence-corrected chi connectivity index (χ4v) is 2.99. The van der Waals surface area contributed by atoms with E-state index in [2.05, 4.69) is 5.32 Å². The van der Waals surface area contributed by atoms with E-state index in [4.69, 9.17) is 0 Å². The summed E-state index contributed by atoms with van der Waals surface area (Å²) in [4.78, 5) is 0. The first-order valence-corrected chi connectivity index (χ1v) is 7.49. The predicted molar refractivity (Wildman–Crippen MR) is 90.6 cm³/mol. The van der Waals surface area contributed by atoms with E-state index >= 15 is 0 Å². The summed E-state index contributed by atoms with van der Waals surface area (Å²) in [5.74, 6) is 0.332. The summed E-state index contributed by atoms with van der Waals surface area (Å²) in [5, 5.41) is 23.2. The fourth-order valence-electron chi connectivity index (χ4n) is 2.99. The summed E-state index contributed by atoms with van der Waals surface area (Å²) in [6, 6.07) is 15.7. The first-order chi connectivity index (χ1) is 10.2. The van der Waals surface area contributed by atoms with E-state index in [0.29, 0.717) is 18.3 Å². The molecule has 1 unspecified atom stereocenters. The van der Waals surface area contributed by atoms with Gasteiger partial charge in [-0.25, -0.2) is 0 Å². The van der Waals surface area contributed by atoms with Crippen LogP contribution < -0.4 is 5.32 Å². The number of hydrogen-bond acceptors (Lipinski definition) is 3. The van der Waals surface area contributed by atoms with Gasteiger partial charge in [0.2, 0.25) is 0 Å². The zero-order valence-electron chi connectivity index (χ0n) is 12.4. The van der Waals surface area contributed by atoms with Crippen LogP contribution in [0.2, 0.25) is 0 Å². The maximum atomic E-state index is 10.2. The third-order valence-corrected chi connectivity index (χ3v) is 4.20. The number of fused-ring (bicyclic) bond motifs is 1. The van der Waals surface area contributed by atoms with Crippen LogP contribution in [0.5, 0.6) is 5.75 Å². The number of nitrogens with one attached hydrogen (secondary N) is 1. The number of aromatic hydroxyl groups is 1. The number of phenols is 1. The van der Waals surface area contributed by atoms with E-state index in [1.807, 2.05) is 42.5 Å². The lowest BCUT2D eigenvalue weighted by atomic mass is 9.88. The van der Waals surface area contributed by atoms with Crippen molar-refractivity contribution in [3.63, 3.8) is 0 Å². The van der Waals surface area contributed by atoms with Gasteiger partial charge in [-0.2, -0.15) is 0 Å². The molecule has 22 heavy (non-hydrogen) atoms. The number of phenolic OH excluding ortho intramolecular Hbond substituents is 1. The Morgan fingerprint density at radius 2 is 1.86 bits per heavy atom. The fraction of sp³-hybridized carbons (Fsp3) is 0.333. The molecule has 1 aliphatic carbocycles. The summed E-state index contributed by atoms with van der Waals surface area (Å²) in [7, 11) is 0. The molecular weight excluding hydrogens is 298 g/mol. The normalized spacial score (nSPS) is 18.1. The Balaban J connectivity index is 0.00000176. The van der Waals surface area contributed by atoms with Gasteiger partial charge >= 0.3 is 0 Å². The van der Waals surface area contributed by atoms with Crippen molar-refractivity contribution in [3.8, 4) is 5.75 Å². The Labute approximate surface area is 137 Å². The summed E-state index contributed by atoms with van der Waals surface area (Å²) in [6.45, 7) is 0.558. The van der Waals surface area contributed by atoms with Crippen LogP contribution >= 0.6 is 12.4 Å². The third-order valence-electron chi connectivity index (χ3n) is 4.20. The summed E-state index contributed by atoms with van der Waals surface area (Å²) < 4.78 is 0. The van der Waals surface area contributed by atoms with Crippen molar-refractivity contribution in [2.75, 3.05) is 6.54 Å². The number of aryl methyl sites for hydroxylation is 1. The van der Waals surface area contributed by atoms with Crippen LogP contribution in [0.25, 0.3) is 0 Å². The quantitative estimate of drug-likeness (QED) is 0.812. The highest BCUT2D eigenvalue weighted by Gasteiger charge is 2.19. The summed E-state index contributed by atoms with van der Waals surface area (Å²) in [5.41, 5.74) is 3.49. The van der Waals surface area contributed by atoms with Gasteiger partial charge in [0.25, 0.3) is 0 Å². The van der Waals surface area contributed by atoms with Crippen molar-refractivity contribution in [3.05, 3.63) is 65.2 Å². The Hall–Kier alpha value is -1.55. The zero-order valence-corrected chi connectivity index (χ0v) is 13.2. The Kier molecular flexibility index (Phi) is 5.83. The van der Waals surface area contributed by atoms with E-state index < -0.39 is 6.10 Å². The number of rotatable bonds is 4. The van der Waals surface area contributed by atoms with Crippen LogP contribution in [-0.4, -0.2) is 22.8 Å². The third kappa shape index (κ3) is 4.01. The lowest BCUT2D eigenvalue weighted by Gasteiger charge is -2.26. The molecule has 4 heteroatoms. The van der Waals surface area contributed by atoms with Crippen molar-refractivity contribution in [2.45, 2.75) is 31.4 Å². The van der Waals surface area contributed by atoms with Gasteiger partial charge in [-0.1, -0.05) is 36.4 Å². The Morgan fingerprint density at radius 1 is 1.09 bits per heavy atom. The number of halogens is 1. The molecule has 0 fully saturated rings. The molecule has 0 amide bonds. The van der Waals surface area contributed by atoms with Gasteiger partial charge in [0.05, 0.1) is 6.10 Å².